The Bertz CT molecular complexity index is 1350. The van der Waals surface area contributed by atoms with Crippen molar-refractivity contribution in [3.8, 4) is 0 Å². The summed E-state index contributed by atoms with van der Waals surface area (Å²) >= 11 is 0. The normalized spacial score (nSPS) is 16.2. The van der Waals surface area contributed by atoms with Crippen LogP contribution in [0.3, 0.4) is 0 Å². The molecule has 0 aromatic rings. The molecular formula is C48H84NO12P. The molecule has 0 amide bonds. The predicted molar refractivity (Wildman–Crippen MR) is 246 cm³/mol. The van der Waals surface area contributed by atoms with Gasteiger partial charge in [0.2, 0.25) is 0 Å². The zero-order valence-corrected chi connectivity index (χ0v) is 39.6. The SMILES string of the molecule is CCCCCCCCCCCCCCCCCC(=O)OCC(COP(=O)([O-])OCC[N+](C)(C)C)OC(=O)CCC(O)/C=C/C(O)/C=C/C=C/C=C\C(O)C/C=C/C/C=C\C(C)O. The first-order chi connectivity index (χ1) is 29.5. The fourth-order valence-electron chi connectivity index (χ4n) is 5.83. The Kier molecular flexibility index (Phi) is 37.0. The largest absolute Gasteiger partial charge is 0.756 e. The van der Waals surface area contributed by atoms with Gasteiger partial charge in [-0.2, -0.15) is 0 Å². The van der Waals surface area contributed by atoms with E-state index in [-0.39, 0.29) is 25.9 Å². The Morgan fingerprint density at radius 1 is 0.645 bits per heavy atom. The van der Waals surface area contributed by atoms with Crippen molar-refractivity contribution >= 4 is 19.8 Å². The summed E-state index contributed by atoms with van der Waals surface area (Å²) in [5, 5.41) is 39.8. The van der Waals surface area contributed by atoms with Crippen LogP contribution in [-0.4, -0.2) is 115 Å². The number of hydrogen-bond donors (Lipinski definition) is 4. The Balaban J connectivity index is 4.74. The van der Waals surface area contributed by atoms with Crippen LogP contribution >= 0.6 is 7.82 Å². The number of aliphatic hydroxyl groups is 4. The van der Waals surface area contributed by atoms with E-state index in [1.165, 1.54) is 88.9 Å². The lowest BCUT2D eigenvalue weighted by Crippen LogP contribution is -2.37. The molecule has 4 N–H and O–H groups in total. The highest BCUT2D eigenvalue weighted by molar-refractivity contribution is 7.45. The molecule has 62 heavy (non-hydrogen) atoms. The van der Waals surface area contributed by atoms with Crippen molar-refractivity contribution in [3.05, 3.63) is 72.9 Å². The Morgan fingerprint density at radius 2 is 1.23 bits per heavy atom. The molecule has 0 saturated heterocycles. The lowest BCUT2D eigenvalue weighted by molar-refractivity contribution is -0.870. The molecule has 6 unspecified atom stereocenters. The van der Waals surface area contributed by atoms with Crippen molar-refractivity contribution in [2.75, 3.05) is 47.5 Å². The van der Waals surface area contributed by atoms with Crippen LogP contribution in [-0.2, 0) is 32.7 Å². The topological polar surface area (TPSA) is 192 Å². The van der Waals surface area contributed by atoms with Gasteiger partial charge in [0.15, 0.2) is 6.10 Å². The summed E-state index contributed by atoms with van der Waals surface area (Å²) in [6.45, 7) is 3.19. The summed E-state index contributed by atoms with van der Waals surface area (Å²) in [4.78, 5) is 37.6. The molecule has 6 atom stereocenters. The number of aliphatic hydroxyl groups excluding tert-OH is 4. The molecule has 0 aliphatic carbocycles. The Hall–Kier alpha value is -2.71. The number of carbonyl (C=O) groups is 2. The first kappa shape index (κ1) is 59.3. The van der Waals surface area contributed by atoms with E-state index in [4.69, 9.17) is 18.5 Å². The van der Waals surface area contributed by atoms with Crippen LogP contribution in [0, 0.1) is 0 Å². The van der Waals surface area contributed by atoms with Gasteiger partial charge in [0.25, 0.3) is 7.82 Å². The maximum absolute atomic E-state index is 12.7. The van der Waals surface area contributed by atoms with Gasteiger partial charge in [-0.1, -0.05) is 170 Å². The predicted octanol–water partition coefficient (Wildman–Crippen LogP) is 8.27. The van der Waals surface area contributed by atoms with E-state index in [1.54, 1.807) is 43.4 Å². The van der Waals surface area contributed by atoms with Gasteiger partial charge in [-0.15, -0.1) is 0 Å². The second-order valence-corrected chi connectivity index (χ2v) is 18.3. The maximum Gasteiger partial charge on any atom is 0.306 e. The van der Waals surface area contributed by atoms with Gasteiger partial charge in [-0.3, -0.25) is 14.2 Å². The van der Waals surface area contributed by atoms with Crippen molar-refractivity contribution in [1.82, 2.24) is 0 Å². The van der Waals surface area contributed by atoms with Crippen molar-refractivity contribution in [2.45, 2.75) is 173 Å². The molecule has 358 valence electrons. The number of rotatable bonds is 40. The number of likely N-dealkylation sites (N-methyl/N-ethyl adjacent to an activating group) is 1. The van der Waals surface area contributed by atoms with Crippen LogP contribution in [0.2, 0.25) is 0 Å². The van der Waals surface area contributed by atoms with Gasteiger partial charge in [-0.05, 0) is 32.6 Å². The first-order valence-electron chi connectivity index (χ1n) is 23.0. The minimum Gasteiger partial charge on any atom is -0.756 e. The summed E-state index contributed by atoms with van der Waals surface area (Å²) in [6, 6.07) is 0. The minimum absolute atomic E-state index is 0.0483. The third-order valence-electron chi connectivity index (χ3n) is 9.52. The maximum atomic E-state index is 12.7. The van der Waals surface area contributed by atoms with Crippen LogP contribution in [0.25, 0.3) is 0 Å². The van der Waals surface area contributed by atoms with Crippen LogP contribution < -0.4 is 4.89 Å². The molecule has 0 rings (SSSR count). The fraction of sp³-hybridized carbons (Fsp3) is 0.708. The highest BCUT2D eigenvalue weighted by Gasteiger charge is 2.22. The van der Waals surface area contributed by atoms with Gasteiger partial charge < -0.3 is 48.3 Å². The monoisotopic (exact) mass is 898 g/mol. The van der Waals surface area contributed by atoms with E-state index in [0.29, 0.717) is 30.3 Å². The zero-order chi connectivity index (χ0) is 46.3. The number of hydrogen-bond acceptors (Lipinski definition) is 12. The standard InChI is InChI=1S/C48H84NO12P/c1-6-7-8-9-10-11-12-13-14-15-16-17-18-19-28-33-47(54)58-40-46(41-60-62(56,57)59-39-38-49(3,4)5)61-48(55)37-36-45(53)35-34-44(52)32-27-23-22-26-31-43(51)30-25-21-20-24-29-42(2)50/h21-27,29,31-32,34-35,42-46,50-53H,6-20,28,30,33,36-41H2,1-5H3/b23-22+,25-21+,29-24-,31-26-,32-27+,35-34+. The molecule has 0 aromatic carbocycles. The van der Waals surface area contributed by atoms with E-state index in [1.807, 2.05) is 39.4 Å². The summed E-state index contributed by atoms with van der Waals surface area (Å²) in [7, 11) is 0.903. The summed E-state index contributed by atoms with van der Waals surface area (Å²) in [5.41, 5.74) is 0. The third kappa shape index (κ3) is 42.6. The number of quaternary nitrogens is 1. The molecule has 0 aromatic heterocycles. The van der Waals surface area contributed by atoms with Crippen molar-refractivity contribution < 1.29 is 62.5 Å². The van der Waals surface area contributed by atoms with Crippen LogP contribution in [0.15, 0.2) is 72.9 Å². The molecule has 14 heteroatoms. The highest BCUT2D eigenvalue weighted by atomic mass is 31.2. The second kappa shape index (κ2) is 38.7. The third-order valence-corrected chi connectivity index (χ3v) is 10.5. The number of unbranched alkanes of at least 4 members (excludes halogenated alkanes) is 14. The number of esters is 2. The van der Waals surface area contributed by atoms with Crippen molar-refractivity contribution in [3.63, 3.8) is 0 Å². The van der Waals surface area contributed by atoms with Crippen LogP contribution in [0.1, 0.15) is 142 Å². The van der Waals surface area contributed by atoms with E-state index in [2.05, 4.69) is 6.92 Å². The number of phosphoric acid groups is 1. The van der Waals surface area contributed by atoms with E-state index < -0.39 is 63.5 Å². The van der Waals surface area contributed by atoms with Crippen molar-refractivity contribution in [1.29, 1.82) is 0 Å². The van der Waals surface area contributed by atoms with Gasteiger partial charge in [0.1, 0.15) is 19.8 Å². The smallest absolute Gasteiger partial charge is 0.306 e. The molecule has 0 aliphatic rings. The lowest BCUT2D eigenvalue weighted by atomic mass is 10.0. The zero-order valence-electron chi connectivity index (χ0n) is 38.7. The van der Waals surface area contributed by atoms with Gasteiger partial charge in [0, 0.05) is 12.8 Å². The van der Waals surface area contributed by atoms with Gasteiger partial charge in [0.05, 0.1) is 52.2 Å². The van der Waals surface area contributed by atoms with E-state index in [0.717, 1.165) is 19.3 Å². The number of carbonyl (C=O) groups excluding carboxylic acids is 2. The molecular weight excluding hydrogens is 813 g/mol. The average molecular weight is 898 g/mol. The van der Waals surface area contributed by atoms with Crippen LogP contribution in [0.5, 0.6) is 0 Å². The highest BCUT2D eigenvalue weighted by Crippen LogP contribution is 2.38. The average Bonchev–Trinajstić information content (AvgIpc) is 3.20. The van der Waals surface area contributed by atoms with E-state index >= 15 is 0 Å². The molecule has 0 aliphatic heterocycles. The Morgan fingerprint density at radius 3 is 1.81 bits per heavy atom. The second-order valence-electron chi connectivity index (χ2n) is 16.9. The summed E-state index contributed by atoms with van der Waals surface area (Å²) < 4.78 is 33.6. The molecule has 0 radical (unpaired) electrons. The van der Waals surface area contributed by atoms with Crippen LogP contribution in [0.4, 0.5) is 0 Å². The van der Waals surface area contributed by atoms with Crippen molar-refractivity contribution in [2.24, 2.45) is 0 Å². The van der Waals surface area contributed by atoms with Gasteiger partial charge >= 0.3 is 11.9 Å². The minimum atomic E-state index is -4.74. The fourth-order valence-corrected chi connectivity index (χ4v) is 6.56. The summed E-state index contributed by atoms with van der Waals surface area (Å²) in [6.07, 6.45) is 34.5. The number of nitrogens with zero attached hydrogens (tertiary/aromatic N) is 1. The Labute approximate surface area is 374 Å². The molecule has 0 spiro atoms. The number of allylic oxidation sites excluding steroid dienone is 6. The van der Waals surface area contributed by atoms with Gasteiger partial charge in [-0.25, -0.2) is 0 Å². The molecule has 0 heterocycles. The quantitative estimate of drug-likeness (QED) is 0.0115. The first-order valence-corrected chi connectivity index (χ1v) is 24.5. The molecule has 13 nitrogen and oxygen atoms in total. The molecule has 0 fully saturated rings. The molecule has 0 bridgehead atoms. The summed E-state index contributed by atoms with van der Waals surface area (Å²) in [5.74, 6) is -1.25. The molecule has 0 saturated carbocycles. The number of ether oxygens (including phenoxy) is 2. The number of phosphoric ester groups is 1. The lowest BCUT2D eigenvalue weighted by Gasteiger charge is -2.28. The van der Waals surface area contributed by atoms with E-state index in [9.17, 15) is 39.5 Å².